The van der Waals surface area contributed by atoms with Crippen LogP contribution in [0.4, 0.5) is 0 Å². The zero-order valence-electron chi connectivity index (χ0n) is 10.5. The van der Waals surface area contributed by atoms with Gasteiger partial charge in [-0.2, -0.15) is 0 Å². The van der Waals surface area contributed by atoms with Gasteiger partial charge in [0.15, 0.2) is 0 Å². The molecule has 1 N–H and O–H groups in total. The van der Waals surface area contributed by atoms with Crippen LogP contribution in [-0.4, -0.2) is 12.7 Å². The van der Waals surface area contributed by atoms with Gasteiger partial charge in [-0.3, -0.25) is 0 Å². The minimum atomic E-state index is 0.582. The molecule has 0 fully saturated rings. The SMILES string of the molecule is O[B]Oc1cccc2oc3c4ccccc4ccc3c12. The van der Waals surface area contributed by atoms with Crippen LogP contribution in [0.5, 0.6) is 5.75 Å². The van der Waals surface area contributed by atoms with Crippen LogP contribution < -0.4 is 4.65 Å². The molecule has 0 bridgehead atoms. The van der Waals surface area contributed by atoms with Crippen molar-refractivity contribution >= 4 is 40.4 Å². The lowest BCUT2D eigenvalue weighted by Gasteiger charge is -2.02. The molecule has 1 heterocycles. The highest BCUT2D eigenvalue weighted by molar-refractivity contribution is 6.21. The van der Waals surface area contributed by atoms with E-state index in [1.54, 1.807) is 6.07 Å². The Morgan fingerprint density at radius 1 is 0.900 bits per heavy atom. The number of benzene rings is 3. The summed E-state index contributed by atoms with van der Waals surface area (Å²) in [6, 6.07) is 17.7. The van der Waals surface area contributed by atoms with Crippen molar-refractivity contribution in [3.63, 3.8) is 0 Å². The van der Waals surface area contributed by atoms with Crippen LogP contribution in [0.1, 0.15) is 0 Å². The van der Waals surface area contributed by atoms with Crippen LogP contribution in [0.2, 0.25) is 0 Å². The van der Waals surface area contributed by atoms with Gasteiger partial charge >= 0.3 is 7.69 Å². The molecule has 4 rings (SSSR count). The fraction of sp³-hybridized carbons (Fsp3) is 0. The van der Waals surface area contributed by atoms with Crippen molar-refractivity contribution in [1.82, 2.24) is 0 Å². The lowest BCUT2D eigenvalue weighted by Crippen LogP contribution is -1.99. The third-order valence-corrected chi connectivity index (χ3v) is 3.53. The summed E-state index contributed by atoms with van der Waals surface area (Å²) >= 11 is 0. The van der Waals surface area contributed by atoms with Crippen LogP contribution in [-0.2, 0) is 0 Å². The maximum atomic E-state index is 8.88. The molecule has 95 valence electrons. The van der Waals surface area contributed by atoms with Gasteiger partial charge in [0, 0.05) is 10.8 Å². The molecule has 0 aliphatic heterocycles. The molecule has 1 radical (unpaired) electrons. The molecule has 0 aliphatic rings. The molecule has 0 spiro atoms. The Kier molecular flexibility index (Phi) is 2.44. The molecule has 4 heteroatoms. The van der Waals surface area contributed by atoms with Gasteiger partial charge in [-0.25, -0.2) is 0 Å². The Balaban J connectivity index is 2.19. The van der Waals surface area contributed by atoms with Crippen molar-refractivity contribution in [2.24, 2.45) is 0 Å². The fourth-order valence-electron chi connectivity index (χ4n) is 2.68. The first kappa shape index (κ1) is 11.4. The molecule has 0 unspecified atom stereocenters. The lowest BCUT2D eigenvalue weighted by molar-refractivity contribution is 0.456. The van der Waals surface area contributed by atoms with Crippen LogP contribution in [0, 0.1) is 0 Å². The first-order valence-corrected chi connectivity index (χ1v) is 6.34. The van der Waals surface area contributed by atoms with E-state index in [1.807, 2.05) is 36.4 Å². The molecule has 0 amide bonds. The maximum Gasteiger partial charge on any atom is 0.569 e. The summed E-state index contributed by atoms with van der Waals surface area (Å²) < 4.78 is 11.1. The minimum absolute atomic E-state index is 0.582. The molecule has 3 nitrogen and oxygen atoms in total. The summed E-state index contributed by atoms with van der Waals surface area (Å²) in [5.74, 6) is 0.582. The first-order chi connectivity index (χ1) is 9.88. The third-order valence-electron chi connectivity index (χ3n) is 3.53. The summed E-state index contributed by atoms with van der Waals surface area (Å²) in [5, 5.41) is 12.9. The van der Waals surface area contributed by atoms with Gasteiger partial charge < -0.3 is 14.1 Å². The molecule has 1 aromatic heterocycles. The number of fused-ring (bicyclic) bond motifs is 5. The lowest BCUT2D eigenvalue weighted by atomic mass is 10.1. The smallest absolute Gasteiger partial charge is 0.537 e. The Labute approximate surface area is 115 Å². The second kappa shape index (κ2) is 4.29. The van der Waals surface area contributed by atoms with Crippen molar-refractivity contribution in [1.29, 1.82) is 0 Å². The van der Waals surface area contributed by atoms with Crippen LogP contribution in [0.15, 0.2) is 59.0 Å². The Morgan fingerprint density at radius 2 is 1.80 bits per heavy atom. The normalized spacial score (nSPS) is 11.2. The summed E-state index contributed by atoms with van der Waals surface area (Å²) in [6.07, 6.45) is 0. The topological polar surface area (TPSA) is 42.6 Å². The van der Waals surface area contributed by atoms with E-state index in [1.165, 1.54) is 0 Å². The van der Waals surface area contributed by atoms with Gasteiger partial charge in [0.1, 0.15) is 16.9 Å². The molecule has 20 heavy (non-hydrogen) atoms. The number of hydrogen-bond donors (Lipinski definition) is 1. The van der Waals surface area contributed by atoms with Gasteiger partial charge in [-0.15, -0.1) is 0 Å². The summed E-state index contributed by atoms with van der Waals surface area (Å²) in [7, 11) is 0.689. The molecule has 0 atom stereocenters. The number of hydrogen-bond acceptors (Lipinski definition) is 3. The van der Waals surface area contributed by atoms with E-state index in [2.05, 4.69) is 12.1 Å². The van der Waals surface area contributed by atoms with E-state index >= 15 is 0 Å². The van der Waals surface area contributed by atoms with Crippen molar-refractivity contribution in [3.05, 3.63) is 54.6 Å². The van der Waals surface area contributed by atoms with Gasteiger partial charge in [0.25, 0.3) is 0 Å². The summed E-state index contributed by atoms with van der Waals surface area (Å²) in [6.45, 7) is 0. The third kappa shape index (κ3) is 1.52. The highest BCUT2D eigenvalue weighted by atomic mass is 16.5. The zero-order chi connectivity index (χ0) is 13.5. The molecule has 0 saturated carbocycles. The van der Waals surface area contributed by atoms with Crippen molar-refractivity contribution in [3.8, 4) is 5.75 Å². The van der Waals surface area contributed by atoms with E-state index in [4.69, 9.17) is 14.1 Å². The quantitative estimate of drug-likeness (QED) is 0.560. The zero-order valence-corrected chi connectivity index (χ0v) is 10.5. The summed E-state index contributed by atoms with van der Waals surface area (Å²) in [5.41, 5.74) is 1.59. The van der Waals surface area contributed by atoms with E-state index in [-0.39, 0.29) is 0 Å². The van der Waals surface area contributed by atoms with E-state index in [0.29, 0.717) is 13.4 Å². The highest BCUT2D eigenvalue weighted by Gasteiger charge is 2.13. The monoisotopic (exact) mass is 261 g/mol. The maximum absolute atomic E-state index is 8.88. The standard InChI is InChI=1S/C16H10BO3/c18-17-20-14-7-3-6-13-15(14)12-9-8-10-4-1-2-5-11(10)16(12)19-13/h1-9,18H. The first-order valence-electron chi connectivity index (χ1n) is 6.34. The highest BCUT2D eigenvalue weighted by Crippen LogP contribution is 2.38. The van der Waals surface area contributed by atoms with E-state index in [9.17, 15) is 0 Å². The van der Waals surface area contributed by atoms with Gasteiger partial charge in [-0.05, 0) is 23.6 Å². The second-order valence-corrected chi connectivity index (χ2v) is 4.62. The predicted molar refractivity (Wildman–Crippen MR) is 79.8 cm³/mol. The molecular formula is C16H10BO3. The number of rotatable bonds is 2. The van der Waals surface area contributed by atoms with Gasteiger partial charge in [0.05, 0.1) is 5.39 Å². The van der Waals surface area contributed by atoms with E-state index in [0.717, 1.165) is 32.7 Å². The molecule has 4 aromatic rings. The second-order valence-electron chi connectivity index (χ2n) is 4.62. The van der Waals surface area contributed by atoms with Gasteiger partial charge in [0.2, 0.25) is 0 Å². The van der Waals surface area contributed by atoms with Crippen LogP contribution >= 0.6 is 0 Å². The van der Waals surface area contributed by atoms with Gasteiger partial charge in [-0.1, -0.05) is 36.4 Å². The number of furan rings is 1. The Morgan fingerprint density at radius 3 is 2.70 bits per heavy atom. The van der Waals surface area contributed by atoms with Crippen molar-refractivity contribution in [2.45, 2.75) is 0 Å². The van der Waals surface area contributed by atoms with Crippen LogP contribution in [0.3, 0.4) is 0 Å². The Hall–Kier alpha value is -2.46. The Bertz CT molecular complexity index is 927. The minimum Gasteiger partial charge on any atom is -0.537 e. The molecule has 0 saturated heterocycles. The van der Waals surface area contributed by atoms with Crippen LogP contribution in [0.25, 0.3) is 32.7 Å². The fourth-order valence-corrected chi connectivity index (χ4v) is 2.68. The molecular weight excluding hydrogens is 251 g/mol. The predicted octanol–water partition coefficient (Wildman–Crippen LogP) is 3.64. The molecule has 3 aromatic carbocycles. The average Bonchev–Trinajstić information content (AvgIpc) is 2.87. The average molecular weight is 261 g/mol. The molecule has 0 aliphatic carbocycles. The van der Waals surface area contributed by atoms with Crippen molar-refractivity contribution < 1.29 is 14.1 Å². The summed E-state index contributed by atoms with van der Waals surface area (Å²) in [4.78, 5) is 0. The largest absolute Gasteiger partial charge is 0.569 e. The van der Waals surface area contributed by atoms with E-state index < -0.39 is 0 Å². The van der Waals surface area contributed by atoms with Crippen molar-refractivity contribution in [2.75, 3.05) is 0 Å².